The Labute approximate surface area is 255 Å². The number of sulfonamides is 1. The normalized spacial score (nSPS) is 20.4. The number of ether oxygens (including phenoxy) is 2. The van der Waals surface area contributed by atoms with Crippen molar-refractivity contribution in [2.24, 2.45) is 0 Å². The van der Waals surface area contributed by atoms with Gasteiger partial charge in [-0.15, -0.1) is 0 Å². The van der Waals surface area contributed by atoms with Gasteiger partial charge >= 0.3 is 0 Å². The molecule has 0 spiro atoms. The lowest BCUT2D eigenvalue weighted by molar-refractivity contribution is -0.127. The second-order valence-corrected chi connectivity index (χ2v) is 12.6. The van der Waals surface area contributed by atoms with Crippen molar-refractivity contribution in [3.05, 3.63) is 101 Å². The first-order valence-corrected chi connectivity index (χ1v) is 15.6. The molecule has 1 aromatic heterocycles. The number of hydrogen-bond donors (Lipinski definition) is 1. The van der Waals surface area contributed by atoms with Crippen molar-refractivity contribution in [1.29, 1.82) is 0 Å². The second-order valence-electron chi connectivity index (χ2n) is 10.4. The molecule has 2 aliphatic rings. The number of amides is 1. The van der Waals surface area contributed by atoms with Crippen molar-refractivity contribution in [3.8, 4) is 11.5 Å². The summed E-state index contributed by atoms with van der Waals surface area (Å²) in [5, 5.41) is 3.51. The summed E-state index contributed by atoms with van der Waals surface area (Å²) < 4.78 is 46.6. The molecule has 1 amide bonds. The predicted octanol–water partition coefficient (Wildman–Crippen LogP) is 4.88. The fraction of sp³-hybridized carbons (Fsp3) is 0.290. The molecule has 12 heteroatoms. The number of hydrogen-bond acceptors (Lipinski definition) is 9. The van der Waals surface area contributed by atoms with Gasteiger partial charge in [0.15, 0.2) is 5.54 Å². The Morgan fingerprint density at radius 2 is 1.86 bits per heavy atom. The SMILES string of the molecule is CNCc1ccc(OC)c(C2(N3CCCC3c3ncco3)C(=O)N(S(=O)(=O)c3ccc(OC)cc3)c3ccc(Cl)cc32)c1. The summed E-state index contributed by atoms with van der Waals surface area (Å²) in [7, 11) is 0.468. The Hall–Kier alpha value is -3.90. The molecule has 2 unspecified atom stereocenters. The van der Waals surface area contributed by atoms with Gasteiger partial charge < -0.3 is 19.2 Å². The van der Waals surface area contributed by atoms with Gasteiger partial charge in [-0.3, -0.25) is 9.69 Å². The number of likely N-dealkylation sites (tertiary alicyclic amines) is 1. The number of oxazole rings is 1. The lowest BCUT2D eigenvalue weighted by Gasteiger charge is -2.41. The van der Waals surface area contributed by atoms with Crippen molar-refractivity contribution < 1.29 is 27.1 Å². The molecule has 1 fully saturated rings. The number of carbonyl (C=O) groups excluding carboxylic acids is 1. The molecule has 4 aromatic rings. The molecule has 3 heterocycles. The van der Waals surface area contributed by atoms with Crippen molar-refractivity contribution in [2.45, 2.75) is 35.9 Å². The van der Waals surface area contributed by atoms with Gasteiger partial charge in [-0.25, -0.2) is 17.7 Å². The third-order valence-electron chi connectivity index (χ3n) is 8.11. The van der Waals surface area contributed by atoms with Gasteiger partial charge in [0.1, 0.15) is 17.8 Å². The van der Waals surface area contributed by atoms with Gasteiger partial charge in [-0.1, -0.05) is 17.7 Å². The minimum Gasteiger partial charge on any atom is -0.497 e. The van der Waals surface area contributed by atoms with E-state index in [-0.39, 0.29) is 10.6 Å². The molecule has 2 atom stereocenters. The Morgan fingerprint density at radius 3 is 2.53 bits per heavy atom. The fourth-order valence-corrected chi connectivity index (χ4v) is 7.94. The van der Waals surface area contributed by atoms with Crippen LogP contribution in [0.5, 0.6) is 11.5 Å². The lowest BCUT2D eigenvalue weighted by atomic mass is 9.80. The van der Waals surface area contributed by atoms with E-state index in [0.29, 0.717) is 53.0 Å². The minimum absolute atomic E-state index is 0.0556. The average molecular weight is 623 g/mol. The first kappa shape index (κ1) is 29.2. The number of rotatable bonds is 9. The highest BCUT2D eigenvalue weighted by atomic mass is 35.5. The third kappa shape index (κ3) is 4.58. The van der Waals surface area contributed by atoms with Crippen LogP contribution in [0.25, 0.3) is 0 Å². The van der Waals surface area contributed by atoms with Gasteiger partial charge in [0.25, 0.3) is 15.9 Å². The van der Waals surface area contributed by atoms with Gasteiger partial charge in [0.2, 0.25) is 5.89 Å². The maximum atomic E-state index is 15.3. The summed E-state index contributed by atoms with van der Waals surface area (Å²) in [5.74, 6) is 0.694. The molecule has 43 heavy (non-hydrogen) atoms. The number of nitrogens with zero attached hydrogens (tertiary/aromatic N) is 3. The summed E-state index contributed by atoms with van der Waals surface area (Å²) in [6.45, 7) is 0.973. The zero-order valence-corrected chi connectivity index (χ0v) is 25.5. The maximum Gasteiger partial charge on any atom is 0.271 e. The number of fused-ring (bicyclic) bond motifs is 1. The highest BCUT2D eigenvalue weighted by molar-refractivity contribution is 7.93. The lowest BCUT2D eigenvalue weighted by Crippen LogP contribution is -2.54. The number of methoxy groups -OCH3 is 2. The van der Waals surface area contributed by atoms with E-state index in [1.54, 1.807) is 42.6 Å². The van der Waals surface area contributed by atoms with Gasteiger partial charge in [-0.05, 0) is 80.1 Å². The first-order valence-electron chi connectivity index (χ1n) is 13.8. The quantitative estimate of drug-likeness (QED) is 0.279. The topological polar surface area (TPSA) is 114 Å². The second kappa shape index (κ2) is 11.3. The fourth-order valence-electron chi connectivity index (χ4n) is 6.31. The number of carbonyl (C=O) groups is 1. The van der Waals surface area contributed by atoms with E-state index in [2.05, 4.69) is 10.3 Å². The zero-order chi connectivity index (χ0) is 30.4. The Morgan fingerprint density at radius 1 is 1.07 bits per heavy atom. The molecule has 0 aliphatic carbocycles. The summed E-state index contributed by atoms with van der Waals surface area (Å²) in [4.78, 5) is 21.7. The van der Waals surface area contributed by atoms with Gasteiger partial charge in [0.05, 0.1) is 37.0 Å². The molecule has 2 aliphatic heterocycles. The molecule has 6 rings (SSSR count). The van der Waals surface area contributed by atoms with Crippen LogP contribution in [0.4, 0.5) is 5.69 Å². The molecule has 0 saturated carbocycles. The summed E-state index contributed by atoms with van der Waals surface area (Å²) in [6, 6.07) is 16.0. The van der Waals surface area contributed by atoms with Crippen LogP contribution < -0.4 is 19.1 Å². The average Bonchev–Trinajstić information content (AvgIpc) is 3.76. The van der Waals surface area contributed by atoms with Crippen LogP contribution in [0.3, 0.4) is 0 Å². The molecular weight excluding hydrogens is 592 g/mol. The van der Waals surface area contributed by atoms with Crippen molar-refractivity contribution in [3.63, 3.8) is 0 Å². The van der Waals surface area contributed by atoms with Crippen LogP contribution in [0, 0.1) is 0 Å². The van der Waals surface area contributed by atoms with Crippen LogP contribution in [0.1, 0.15) is 41.5 Å². The Kier molecular flexibility index (Phi) is 7.67. The standard InChI is InChI=1S/C31H31ClN4O6S/c1-33-19-20-6-13-28(41-3)25(17-20)31(35-15-4-5-27(35)29-34-14-16-42-29)24-18-21(32)7-12-26(24)36(30(31)37)43(38,39)23-10-8-22(40-2)9-11-23/h6-14,16-18,27,33H,4-5,15,19H2,1-3H3. The van der Waals surface area contributed by atoms with E-state index >= 15 is 4.79 Å². The number of nitrogens with one attached hydrogen (secondary N) is 1. The van der Waals surface area contributed by atoms with Crippen molar-refractivity contribution in [1.82, 2.24) is 15.2 Å². The highest BCUT2D eigenvalue weighted by Gasteiger charge is 2.62. The molecular formula is C31H31ClN4O6S. The summed E-state index contributed by atoms with van der Waals surface area (Å²) in [5.41, 5.74) is 0.383. The number of benzene rings is 3. The van der Waals surface area contributed by atoms with Gasteiger partial charge in [0, 0.05) is 29.2 Å². The van der Waals surface area contributed by atoms with Crippen LogP contribution >= 0.6 is 11.6 Å². The van der Waals surface area contributed by atoms with E-state index in [0.717, 1.165) is 16.3 Å². The molecule has 1 N–H and O–H groups in total. The monoisotopic (exact) mass is 622 g/mol. The van der Waals surface area contributed by atoms with Crippen molar-refractivity contribution in [2.75, 3.05) is 32.1 Å². The Balaban J connectivity index is 1.67. The predicted molar refractivity (Wildman–Crippen MR) is 161 cm³/mol. The molecule has 0 bridgehead atoms. The first-order chi connectivity index (χ1) is 20.8. The largest absolute Gasteiger partial charge is 0.497 e. The molecule has 224 valence electrons. The maximum absolute atomic E-state index is 15.3. The summed E-state index contributed by atoms with van der Waals surface area (Å²) in [6.07, 6.45) is 4.43. The number of anilines is 1. The van der Waals surface area contributed by atoms with E-state index in [9.17, 15) is 8.42 Å². The third-order valence-corrected chi connectivity index (χ3v) is 10.1. The van der Waals surface area contributed by atoms with E-state index in [1.807, 2.05) is 24.1 Å². The summed E-state index contributed by atoms with van der Waals surface area (Å²) >= 11 is 6.61. The zero-order valence-electron chi connectivity index (χ0n) is 23.9. The minimum atomic E-state index is -4.39. The number of halogens is 1. The van der Waals surface area contributed by atoms with Crippen LogP contribution in [-0.2, 0) is 26.9 Å². The number of aromatic nitrogens is 1. The Bertz CT molecular complexity index is 1760. The van der Waals surface area contributed by atoms with Crippen LogP contribution in [0.2, 0.25) is 5.02 Å². The van der Waals surface area contributed by atoms with E-state index < -0.39 is 27.5 Å². The van der Waals surface area contributed by atoms with E-state index in [4.69, 9.17) is 25.5 Å². The van der Waals surface area contributed by atoms with Crippen LogP contribution in [-0.4, -0.2) is 52.0 Å². The highest BCUT2D eigenvalue weighted by Crippen LogP contribution is 2.56. The van der Waals surface area contributed by atoms with Gasteiger partial charge in [-0.2, -0.15) is 0 Å². The molecule has 10 nitrogen and oxygen atoms in total. The van der Waals surface area contributed by atoms with E-state index in [1.165, 1.54) is 32.6 Å². The molecule has 3 aromatic carbocycles. The molecule has 1 saturated heterocycles. The molecule has 0 radical (unpaired) electrons. The smallest absolute Gasteiger partial charge is 0.271 e. The van der Waals surface area contributed by atoms with Crippen molar-refractivity contribution >= 4 is 33.2 Å². The van der Waals surface area contributed by atoms with Crippen LogP contribution in [0.15, 0.2) is 82.4 Å².